The predicted molar refractivity (Wildman–Crippen MR) is 82.0 cm³/mol. The molecule has 0 unspecified atom stereocenters. The second-order valence-corrected chi connectivity index (χ2v) is 4.40. The average Bonchev–Trinajstić information content (AvgIpc) is 2.89. The number of rotatable bonds is 4. The normalized spacial score (nSPS) is 10.3. The highest BCUT2D eigenvalue weighted by Crippen LogP contribution is 2.20. The lowest BCUT2D eigenvalue weighted by atomic mass is 10.3. The molecule has 2 aromatic carbocycles. The van der Waals surface area contributed by atoms with Gasteiger partial charge in [-0.05, 0) is 24.3 Å². The Morgan fingerprint density at radius 1 is 1.10 bits per heavy atom. The first-order valence-corrected chi connectivity index (χ1v) is 6.45. The Kier molecular flexibility index (Phi) is 3.42. The zero-order chi connectivity index (χ0) is 14.7. The minimum Gasteiger partial charge on any atom is -0.497 e. The topological polar surface area (TPSA) is 78.0 Å². The number of hydrogen-bond donors (Lipinski definition) is 2. The second kappa shape index (κ2) is 5.54. The molecule has 106 valence electrons. The first kappa shape index (κ1) is 13.0. The number of ether oxygens (including phenoxy) is 1. The van der Waals surface area contributed by atoms with Crippen LogP contribution in [0.4, 0.5) is 17.6 Å². The zero-order valence-electron chi connectivity index (χ0n) is 11.5. The Bertz CT molecular complexity index is 739. The van der Waals surface area contributed by atoms with Gasteiger partial charge in [0.25, 0.3) is 0 Å². The summed E-state index contributed by atoms with van der Waals surface area (Å²) in [5, 5.41) is 7.47. The van der Waals surface area contributed by atoms with Gasteiger partial charge in [0.1, 0.15) is 5.75 Å². The fourth-order valence-corrected chi connectivity index (χ4v) is 1.96. The fraction of sp³-hybridized carbons (Fsp3) is 0.0667. The van der Waals surface area contributed by atoms with Crippen molar-refractivity contribution in [1.29, 1.82) is 0 Å². The van der Waals surface area contributed by atoms with Crippen molar-refractivity contribution in [1.82, 2.24) is 14.8 Å². The summed E-state index contributed by atoms with van der Waals surface area (Å²) in [6.45, 7) is 0. The van der Waals surface area contributed by atoms with Crippen LogP contribution in [0.15, 0.2) is 54.6 Å². The molecular formula is C15H15N5O. The number of hydrogen-bond acceptors (Lipinski definition) is 5. The molecule has 1 heterocycles. The van der Waals surface area contributed by atoms with Gasteiger partial charge in [0, 0.05) is 11.8 Å². The third-order valence-corrected chi connectivity index (χ3v) is 2.96. The first-order valence-electron chi connectivity index (χ1n) is 6.45. The summed E-state index contributed by atoms with van der Waals surface area (Å²) in [6.07, 6.45) is 0. The molecule has 0 aliphatic heterocycles. The summed E-state index contributed by atoms with van der Waals surface area (Å²) in [4.78, 5) is 4.22. The molecule has 3 rings (SSSR count). The van der Waals surface area contributed by atoms with Gasteiger partial charge in [-0.3, -0.25) is 0 Å². The number of anilines is 3. The maximum Gasteiger partial charge on any atom is 0.248 e. The van der Waals surface area contributed by atoms with Crippen molar-refractivity contribution in [3.63, 3.8) is 0 Å². The minimum atomic E-state index is 0.307. The summed E-state index contributed by atoms with van der Waals surface area (Å²) in [5.41, 5.74) is 7.62. The molecule has 6 heteroatoms. The number of nitrogens with one attached hydrogen (secondary N) is 1. The predicted octanol–water partition coefficient (Wildman–Crippen LogP) is 2.60. The summed E-state index contributed by atoms with van der Waals surface area (Å²) < 4.78 is 6.76. The van der Waals surface area contributed by atoms with E-state index in [9.17, 15) is 0 Å². The van der Waals surface area contributed by atoms with Crippen molar-refractivity contribution in [3.05, 3.63) is 54.6 Å². The SMILES string of the molecule is COc1cccc(-n2nc(Nc3ccccc3)nc2N)c1. The van der Waals surface area contributed by atoms with E-state index in [0.717, 1.165) is 17.1 Å². The van der Waals surface area contributed by atoms with Crippen molar-refractivity contribution in [2.24, 2.45) is 0 Å². The summed E-state index contributed by atoms with van der Waals surface area (Å²) in [5.74, 6) is 1.49. The van der Waals surface area contributed by atoms with E-state index in [0.29, 0.717) is 11.9 Å². The van der Waals surface area contributed by atoms with Crippen LogP contribution in [0.25, 0.3) is 5.69 Å². The third kappa shape index (κ3) is 2.79. The Morgan fingerprint density at radius 3 is 2.67 bits per heavy atom. The minimum absolute atomic E-state index is 0.307. The van der Waals surface area contributed by atoms with Crippen molar-refractivity contribution in [2.75, 3.05) is 18.2 Å². The average molecular weight is 281 g/mol. The lowest BCUT2D eigenvalue weighted by molar-refractivity contribution is 0.414. The molecule has 0 atom stereocenters. The van der Waals surface area contributed by atoms with Gasteiger partial charge in [0.15, 0.2) is 0 Å². The van der Waals surface area contributed by atoms with Gasteiger partial charge in [-0.15, -0.1) is 5.10 Å². The molecule has 0 bridgehead atoms. The van der Waals surface area contributed by atoms with Gasteiger partial charge in [-0.25, -0.2) is 0 Å². The zero-order valence-corrected chi connectivity index (χ0v) is 11.5. The lowest BCUT2D eigenvalue weighted by Gasteiger charge is -2.04. The van der Waals surface area contributed by atoms with Crippen LogP contribution in [-0.2, 0) is 0 Å². The third-order valence-electron chi connectivity index (χ3n) is 2.96. The molecule has 0 aliphatic rings. The van der Waals surface area contributed by atoms with Crippen LogP contribution in [-0.4, -0.2) is 21.9 Å². The van der Waals surface area contributed by atoms with Crippen LogP contribution >= 0.6 is 0 Å². The van der Waals surface area contributed by atoms with E-state index >= 15 is 0 Å². The molecule has 0 amide bonds. The van der Waals surface area contributed by atoms with Crippen LogP contribution in [0.1, 0.15) is 0 Å². The smallest absolute Gasteiger partial charge is 0.248 e. The standard InChI is InChI=1S/C15H15N5O/c1-21-13-9-5-8-12(10-13)20-14(16)18-15(19-20)17-11-6-3-2-4-7-11/h2-10H,1H3,(H3,16,17,18,19). The molecule has 0 saturated carbocycles. The van der Waals surface area contributed by atoms with Crippen molar-refractivity contribution in [2.45, 2.75) is 0 Å². The quantitative estimate of drug-likeness (QED) is 0.768. The molecule has 0 radical (unpaired) electrons. The van der Waals surface area contributed by atoms with Crippen LogP contribution in [0.2, 0.25) is 0 Å². The molecule has 0 aliphatic carbocycles. The summed E-state index contributed by atoms with van der Waals surface area (Å²) >= 11 is 0. The van der Waals surface area contributed by atoms with Gasteiger partial charge < -0.3 is 15.8 Å². The van der Waals surface area contributed by atoms with Gasteiger partial charge in [0.2, 0.25) is 11.9 Å². The monoisotopic (exact) mass is 281 g/mol. The van der Waals surface area contributed by atoms with Gasteiger partial charge in [0.05, 0.1) is 12.8 Å². The molecular weight excluding hydrogens is 266 g/mol. The van der Waals surface area contributed by atoms with Crippen molar-refractivity contribution >= 4 is 17.6 Å². The lowest BCUT2D eigenvalue weighted by Crippen LogP contribution is -2.02. The number of nitrogen functional groups attached to an aromatic ring is 1. The number of methoxy groups -OCH3 is 1. The van der Waals surface area contributed by atoms with E-state index in [1.165, 1.54) is 0 Å². The van der Waals surface area contributed by atoms with Gasteiger partial charge >= 0.3 is 0 Å². The number of nitrogens with zero attached hydrogens (tertiary/aromatic N) is 3. The van der Waals surface area contributed by atoms with Crippen LogP contribution in [0.3, 0.4) is 0 Å². The Morgan fingerprint density at radius 2 is 1.90 bits per heavy atom. The second-order valence-electron chi connectivity index (χ2n) is 4.40. The Hall–Kier alpha value is -3.02. The molecule has 1 aromatic heterocycles. The molecule has 0 fully saturated rings. The number of benzene rings is 2. The fourth-order valence-electron chi connectivity index (χ4n) is 1.96. The molecule has 3 N–H and O–H groups in total. The van der Waals surface area contributed by atoms with E-state index in [1.54, 1.807) is 11.8 Å². The van der Waals surface area contributed by atoms with E-state index in [1.807, 2.05) is 54.6 Å². The van der Waals surface area contributed by atoms with Gasteiger partial charge in [-0.2, -0.15) is 9.67 Å². The van der Waals surface area contributed by atoms with Crippen LogP contribution < -0.4 is 15.8 Å². The maximum absolute atomic E-state index is 5.93. The molecule has 0 spiro atoms. The highest BCUT2D eigenvalue weighted by Gasteiger charge is 2.09. The van der Waals surface area contributed by atoms with Gasteiger partial charge in [-0.1, -0.05) is 24.3 Å². The van der Waals surface area contributed by atoms with Crippen LogP contribution in [0.5, 0.6) is 5.75 Å². The first-order chi connectivity index (χ1) is 10.3. The highest BCUT2D eigenvalue weighted by atomic mass is 16.5. The molecule has 3 aromatic rings. The maximum atomic E-state index is 5.93. The number of para-hydroxylation sites is 1. The van der Waals surface area contributed by atoms with E-state index < -0.39 is 0 Å². The molecule has 0 saturated heterocycles. The highest BCUT2D eigenvalue weighted by molar-refractivity contribution is 5.54. The Labute approximate surface area is 122 Å². The molecule has 21 heavy (non-hydrogen) atoms. The Balaban J connectivity index is 1.90. The molecule has 6 nitrogen and oxygen atoms in total. The van der Waals surface area contributed by atoms with E-state index in [2.05, 4.69) is 15.4 Å². The van der Waals surface area contributed by atoms with Crippen molar-refractivity contribution in [3.8, 4) is 11.4 Å². The largest absolute Gasteiger partial charge is 0.497 e. The summed E-state index contributed by atoms with van der Waals surface area (Å²) in [7, 11) is 1.62. The van der Waals surface area contributed by atoms with Crippen molar-refractivity contribution < 1.29 is 4.74 Å². The van der Waals surface area contributed by atoms with E-state index in [-0.39, 0.29) is 0 Å². The number of nitrogens with two attached hydrogens (primary N) is 1. The number of aromatic nitrogens is 3. The van der Waals surface area contributed by atoms with E-state index in [4.69, 9.17) is 10.5 Å². The van der Waals surface area contributed by atoms with Crippen LogP contribution in [0, 0.1) is 0 Å². The summed E-state index contributed by atoms with van der Waals surface area (Å²) in [6, 6.07) is 17.2.